The summed E-state index contributed by atoms with van der Waals surface area (Å²) in [7, 11) is 0. The average Bonchev–Trinajstić information content (AvgIpc) is 2.47. The molecule has 0 aliphatic rings. The standard InChI is InChI=1S/C16H15N3S/c1-10-6-15(12-8-17-11(2)18-9-12)19-16-7-13(20-3)4-5-14(10)16/h4-9H,1-3H3. The molecule has 0 radical (unpaired) electrons. The highest BCUT2D eigenvalue weighted by molar-refractivity contribution is 7.98. The molecule has 0 fully saturated rings. The Bertz CT molecular complexity index is 767. The highest BCUT2D eigenvalue weighted by Gasteiger charge is 2.06. The van der Waals surface area contributed by atoms with Crippen LogP contribution in [0.15, 0.2) is 41.6 Å². The maximum atomic E-state index is 4.75. The predicted octanol–water partition coefficient (Wildman–Crippen LogP) is 4.03. The summed E-state index contributed by atoms with van der Waals surface area (Å²) in [6, 6.07) is 8.50. The highest BCUT2D eigenvalue weighted by Crippen LogP contribution is 2.26. The summed E-state index contributed by atoms with van der Waals surface area (Å²) in [6.45, 7) is 3.99. The molecule has 2 aromatic heterocycles. The van der Waals surface area contributed by atoms with E-state index in [1.54, 1.807) is 11.8 Å². The van der Waals surface area contributed by atoms with Crippen molar-refractivity contribution in [2.45, 2.75) is 18.7 Å². The van der Waals surface area contributed by atoms with E-state index < -0.39 is 0 Å². The van der Waals surface area contributed by atoms with Crippen LogP contribution in [0, 0.1) is 13.8 Å². The van der Waals surface area contributed by atoms with Gasteiger partial charge in [0.05, 0.1) is 11.2 Å². The van der Waals surface area contributed by atoms with Gasteiger partial charge in [-0.25, -0.2) is 15.0 Å². The van der Waals surface area contributed by atoms with Crippen molar-refractivity contribution in [1.29, 1.82) is 0 Å². The van der Waals surface area contributed by atoms with Crippen LogP contribution in [-0.4, -0.2) is 21.2 Å². The molecule has 2 heterocycles. The van der Waals surface area contributed by atoms with E-state index in [0.717, 1.165) is 22.6 Å². The third-order valence-electron chi connectivity index (χ3n) is 3.30. The largest absolute Gasteiger partial charge is 0.248 e. The molecule has 0 N–H and O–H groups in total. The van der Waals surface area contributed by atoms with Gasteiger partial charge in [0, 0.05) is 28.2 Å². The summed E-state index contributed by atoms with van der Waals surface area (Å²) in [5.41, 5.74) is 4.12. The molecule has 0 saturated carbocycles. The minimum atomic E-state index is 0.774. The summed E-state index contributed by atoms with van der Waals surface area (Å²) in [6.07, 6.45) is 5.73. The second kappa shape index (κ2) is 5.21. The molecule has 0 aliphatic heterocycles. The first-order valence-electron chi connectivity index (χ1n) is 6.42. The Morgan fingerprint density at radius 3 is 2.45 bits per heavy atom. The number of aromatic nitrogens is 3. The van der Waals surface area contributed by atoms with E-state index in [4.69, 9.17) is 4.98 Å². The van der Waals surface area contributed by atoms with Crippen molar-refractivity contribution in [3.8, 4) is 11.3 Å². The smallest absolute Gasteiger partial charge is 0.125 e. The van der Waals surface area contributed by atoms with Crippen LogP contribution in [0.2, 0.25) is 0 Å². The molecule has 3 rings (SSSR count). The lowest BCUT2D eigenvalue weighted by molar-refractivity contribution is 1.05. The second-order valence-corrected chi connectivity index (χ2v) is 5.61. The molecule has 0 bridgehead atoms. The first kappa shape index (κ1) is 13.1. The first-order chi connectivity index (χ1) is 9.67. The number of benzene rings is 1. The van der Waals surface area contributed by atoms with Gasteiger partial charge >= 0.3 is 0 Å². The fourth-order valence-corrected chi connectivity index (χ4v) is 2.62. The van der Waals surface area contributed by atoms with Crippen molar-refractivity contribution in [1.82, 2.24) is 15.0 Å². The molecule has 1 aromatic carbocycles. The van der Waals surface area contributed by atoms with Crippen LogP contribution in [0.3, 0.4) is 0 Å². The average molecular weight is 281 g/mol. The molecule has 4 heteroatoms. The van der Waals surface area contributed by atoms with E-state index in [-0.39, 0.29) is 0 Å². The highest BCUT2D eigenvalue weighted by atomic mass is 32.2. The van der Waals surface area contributed by atoms with Gasteiger partial charge in [0.1, 0.15) is 5.82 Å². The number of thioether (sulfide) groups is 1. The molecule has 100 valence electrons. The van der Waals surface area contributed by atoms with Crippen LogP contribution in [0.1, 0.15) is 11.4 Å². The van der Waals surface area contributed by atoms with E-state index in [0.29, 0.717) is 0 Å². The first-order valence-corrected chi connectivity index (χ1v) is 7.64. The van der Waals surface area contributed by atoms with E-state index in [2.05, 4.69) is 47.4 Å². The molecule has 0 aliphatic carbocycles. The van der Waals surface area contributed by atoms with Crippen molar-refractivity contribution in [2.75, 3.05) is 6.26 Å². The van der Waals surface area contributed by atoms with E-state index in [1.165, 1.54) is 15.8 Å². The van der Waals surface area contributed by atoms with Crippen LogP contribution in [0.5, 0.6) is 0 Å². The number of hydrogen-bond acceptors (Lipinski definition) is 4. The minimum Gasteiger partial charge on any atom is -0.248 e. The van der Waals surface area contributed by atoms with Crippen molar-refractivity contribution in [3.05, 3.63) is 48.0 Å². The number of fused-ring (bicyclic) bond motifs is 1. The molecule has 0 saturated heterocycles. The molecular weight excluding hydrogens is 266 g/mol. The maximum absolute atomic E-state index is 4.75. The third kappa shape index (κ3) is 2.39. The Morgan fingerprint density at radius 1 is 1.00 bits per heavy atom. The minimum absolute atomic E-state index is 0.774. The zero-order chi connectivity index (χ0) is 14.1. The van der Waals surface area contributed by atoms with Crippen molar-refractivity contribution < 1.29 is 0 Å². The summed E-state index contributed by atoms with van der Waals surface area (Å²) in [5, 5.41) is 1.19. The van der Waals surface area contributed by atoms with Gasteiger partial charge in [0.25, 0.3) is 0 Å². The van der Waals surface area contributed by atoms with E-state index in [1.807, 2.05) is 19.3 Å². The lowest BCUT2D eigenvalue weighted by Crippen LogP contribution is -1.92. The SMILES string of the molecule is CSc1ccc2c(C)cc(-c3cnc(C)nc3)nc2c1. The van der Waals surface area contributed by atoms with Gasteiger partial charge in [-0.1, -0.05) is 6.07 Å². The molecule has 0 spiro atoms. The Kier molecular flexibility index (Phi) is 3.40. The molecule has 3 nitrogen and oxygen atoms in total. The van der Waals surface area contributed by atoms with Gasteiger partial charge in [0.2, 0.25) is 0 Å². The molecule has 3 aromatic rings. The van der Waals surface area contributed by atoms with Crippen molar-refractivity contribution in [3.63, 3.8) is 0 Å². The summed E-state index contributed by atoms with van der Waals surface area (Å²) in [5.74, 6) is 0.774. The normalized spacial score (nSPS) is 10.9. The molecule has 20 heavy (non-hydrogen) atoms. The van der Waals surface area contributed by atoms with Crippen molar-refractivity contribution >= 4 is 22.7 Å². The Morgan fingerprint density at radius 2 is 1.75 bits per heavy atom. The van der Waals surface area contributed by atoms with Gasteiger partial charge in [-0.3, -0.25) is 0 Å². The van der Waals surface area contributed by atoms with Crippen LogP contribution < -0.4 is 0 Å². The fraction of sp³-hybridized carbons (Fsp3) is 0.188. The lowest BCUT2D eigenvalue weighted by Gasteiger charge is -2.07. The maximum Gasteiger partial charge on any atom is 0.125 e. The fourth-order valence-electron chi connectivity index (χ4n) is 2.18. The Balaban J connectivity index is 2.19. The van der Waals surface area contributed by atoms with Crippen LogP contribution in [0.4, 0.5) is 0 Å². The quantitative estimate of drug-likeness (QED) is 0.665. The van der Waals surface area contributed by atoms with Crippen LogP contribution >= 0.6 is 11.8 Å². The number of rotatable bonds is 2. The number of nitrogens with zero attached hydrogens (tertiary/aromatic N) is 3. The zero-order valence-corrected chi connectivity index (χ0v) is 12.5. The lowest BCUT2D eigenvalue weighted by atomic mass is 10.1. The summed E-state index contributed by atoms with van der Waals surface area (Å²) >= 11 is 1.73. The topological polar surface area (TPSA) is 38.7 Å². The molecule has 0 unspecified atom stereocenters. The van der Waals surface area contributed by atoms with Gasteiger partial charge in [-0.05, 0) is 43.9 Å². The summed E-state index contributed by atoms with van der Waals surface area (Å²) < 4.78 is 0. The van der Waals surface area contributed by atoms with Gasteiger partial charge in [-0.2, -0.15) is 0 Å². The van der Waals surface area contributed by atoms with Crippen molar-refractivity contribution in [2.24, 2.45) is 0 Å². The monoisotopic (exact) mass is 281 g/mol. The van der Waals surface area contributed by atoms with Gasteiger partial charge in [0.15, 0.2) is 0 Å². The predicted molar refractivity (Wildman–Crippen MR) is 84.0 cm³/mol. The Hall–Kier alpha value is -1.94. The third-order valence-corrected chi connectivity index (χ3v) is 4.03. The second-order valence-electron chi connectivity index (χ2n) is 4.73. The molecule has 0 amide bonds. The number of hydrogen-bond donors (Lipinski definition) is 0. The summed E-state index contributed by atoms with van der Waals surface area (Å²) in [4.78, 5) is 14.5. The molecular formula is C16H15N3S. The molecule has 0 atom stereocenters. The van der Waals surface area contributed by atoms with Crippen LogP contribution in [-0.2, 0) is 0 Å². The van der Waals surface area contributed by atoms with Crippen LogP contribution in [0.25, 0.3) is 22.2 Å². The zero-order valence-electron chi connectivity index (χ0n) is 11.7. The number of aryl methyl sites for hydroxylation is 2. The van der Waals surface area contributed by atoms with E-state index >= 15 is 0 Å². The van der Waals surface area contributed by atoms with E-state index in [9.17, 15) is 0 Å². The van der Waals surface area contributed by atoms with Gasteiger partial charge < -0.3 is 0 Å². The van der Waals surface area contributed by atoms with Gasteiger partial charge in [-0.15, -0.1) is 11.8 Å². The Labute approximate surface area is 122 Å². The number of pyridine rings is 1.